The van der Waals surface area contributed by atoms with Crippen molar-refractivity contribution in [1.29, 1.82) is 5.26 Å². The first-order chi connectivity index (χ1) is 12.7. The van der Waals surface area contributed by atoms with Crippen LogP contribution in [0.4, 0.5) is 4.48 Å². The van der Waals surface area contributed by atoms with Gasteiger partial charge in [0.05, 0.1) is 11.6 Å². The summed E-state index contributed by atoms with van der Waals surface area (Å²) in [6.07, 6.45) is 12.8. The molecule has 0 amide bonds. The third kappa shape index (κ3) is 4.72. The minimum absolute atomic E-state index is 0.573. The summed E-state index contributed by atoms with van der Waals surface area (Å²) in [5.41, 5.74) is 2.30. The molecule has 3 nitrogen and oxygen atoms in total. The Hall–Kier alpha value is -2.15. The fraction of sp³-hybridized carbons (Fsp3) is 0.545. The second-order valence-electron chi connectivity index (χ2n) is 7.65. The van der Waals surface area contributed by atoms with Crippen LogP contribution < -0.4 is 0 Å². The summed E-state index contributed by atoms with van der Waals surface area (Å²) in [5, 5.41) is 9.55. The molecule has 0 bridgehead atoms. The average molecular weight is 353 g/mol. The standard InChI is InChI=1S/C22H28FN3/c1-2-3-17-4-6-18(7-5-17)8-9-20-15-25-22(26(23)16-20)21-12-10-19(14-24)11-13-21/h10-13,15-18,22H,2-9H2,1H3. The normalized spacial score (nSPS) is 25.7. The van der Waals surface area contributed by atoms with Crippen LogP contribution >= 0.6 is 0 Å². The Balaban J connectivity index is 1.49. The van der Waals surface area contributed by atoms with E-state index in [1.807, 2.05) is 6.21 Å². The number of rotatable bonds is 6. The molecule has 1 heterocycles. The molecule has 138 valence electrons. The van der Waals surface area contributed by atoms with Crippen molar-refractivity contribution in [3.63, 3.8) is 0 Å². The maximum absolute atomic E-state index is 14.4. The van der Waals surface area contributed by atoms with Crippen LogP contribution in [0, 0.1) is 23.2 Å². The van der Waals surface area contributed by atoms with Crippen LogP contribution in [0.1, 0.15) is 75.6 Å². The Bertz CT molecular complexity index is 678. The zero-order valence-corrected chi connectivity index (χ0v) is 15.6. The fourth-order valence-corrected chi connectivity index (χ4v) is 4.17. The van der Waals surface area contributed by atoms with E-state index in [2.05, 4.69) is 18.0 Å². The van der Waals surface area contributed by atoms with Gasteiger partial charge in [0.25, 0.3) is 0 Å². The zero-order valence-electron chi connectivity index (χ0n) is 15.6. The van der Waals surface area contributed by atoms with E-state index in [0.29, 0.717) is 10.7 Å². The summed E-state index contributed by atoms with van der Waals surface area (Å²) < 4.78 is 14.4. The van der Waals surface area contributed by atoms with Crippen molar-refractivity contribution in [3.8, 4) is 6.07 Å². The molecule has 1 fully saturated rings. The lowest BCUT2D eigenvalue weighted by molar-refractivity contribution is 0.0364. The molecule has 1 aromatic carbocycles. The Labute approximate surface area is 156 Å². The predicted octanol–water partition coefficient (Wildman–Crippen LogP) is 6.10. The number of aliphatic imine (C=N–C) groups is 1. The topological polar surface area (TPSA) is 39.4 Å². The fourth-order valence-electron chi connectivity index (χ4n) is 4.17. The van der Waals surface area contributed by atoms with E-state index in [0.717, 1.165) is 35.8 Å². The highest BCUT2D eigenvalue weighted by Crippen LogP contribution is 2.35. The molecule has 0 saturated heterocycles. The first-order valence-electron chi connectivity index (χ1n) is 9.87. The SMILES string of the molecule is CCCC1CCC(CCC2=CN(F)C(c3ccc(C#N)cc3)N=C2)CC1. The van der Waals surface area contributed by atoms with E-state index in [4.69, 9.17) is 5.26 Å². The van der Waals surface area contributed by atoms with E-state index in [-0.39, 0.29) is 0 Å². The second-order valence-corrected chi connectivity index (χ2v) is 7.65. The van der Waals surface area contributed by atoms with Gasteiger partial charge in [0.2, 0.25) is 0 Å². The van der Waals surface area contributed by atoms with E-state index in [1.165, 1.54) is 38.5 Å². The van der Waals surface area contributed by atoms with E-state index < -0.39 is 6.17 Å². The molecule has 0 N–H and O–H groups in total. The van der Waals surface area contributed by atoms with Gasteiger partial charge in [-0.15, -0.1) is 0 Å². The van der Waals surface area contributed by atoms with Crippen molar-refractivity contribution in [1.82, 2.24) is 5.12 Å². The summed E-state index contributed by atoms with van der Waals surface area (Å²) in [7, 11) is 0. The van der Waals surface area contributed by atoms with Crippen molar-refractivity contribution < 1.29 is 4.48 Å². The van der Waals surface area contributed by atoms with E-state index >= 15 is 0 Å². The van der Waals surface area contributed by atoms with Gasteiger partial charge in [0, 0.05) is 12.4 Å². The molecule has 1 aliphatic carbocycles. The minimum Gasteiger partial charge on any atom is -0.261 e. The molecular formula is C22H28FN3. The second kappa shape index (κ2) is 8.98. The van der Waals surface area contributed by atoms with Crippen LogP contribution in [0.15, 0.2) is 41.0 Å². The van der Waals surface area contributed by atoms with Gasteiger partial charge in [-0.25, -0.2) is 0 Å². The third-order valence-electron chi connectivity index (χ3n) is 5.75. The van der Waals surface area contributed by atoms with Crippen LogP contribution in [0.25, 0.3) is 0 Å². The molecule has 1 aliphatic heterocycles. The quantitative estimate of drug-likeness (QED) is 0.580. The van der Waals surface area contributed by atoms with Crippen LogP contribution in [-0.4, -0.2) is 11.3 Å². The van der Waals surface area contributed by atoms with Crippen molar-refractivity contribution >= 4 is 6.21 Å². The lowest BCUT2D eigenvalue weighted by Crippen LogP contribution is -2.19. The van der Waals surface area contributed by atoms with Gasteiger partial charge in [0.1, 0.15) is 0 Å². The van der Waals surface area contributed by atoms with Gasteiger partial charge in [-0.1, -0.05) is 62.1 Å². The van der Waals surface area contributed by atoms with Crippen molar-refractivity contribution in [2.24, 2.45) is 16.8 Å². The lowest BCUT2D eigenvalue weighted by atomic mass is 9.78. The highest BCUT2D eigenvalue weighted by atomic mass is 19.2. The number of nitriles is 1. The Kier molecular flexibility index (Phi) is 6.44. The summed E-state index contributed by atoms with van der Waals surface area (Å²) in [6, 6.07) is 9.01. The number of halogens is 1. The van der Waals surface area contributed by atoms with Crippen LogP contribution in [-0.2, 0) is 0 Å². The molecule has 0 spiro atoms. The van der Waals surface area contributed by atoms with Crippen LogP contribution in [0.3, 0.4) is 0 Å². The number of nitrogens with zero attached hydrogens (tertiary/aromatic N) is 3. The van der Waals surface area contributed by atoms with Gasteiger partial charge in [-0.05, 0) is 47.9 Å². The molecule has 0 radical (unpaired) electrons. The van der Waals surface area contributed by atoms with Gasteiger partial charge in [-0.3, -0.25) is 4.99 Å². The Morgan fingerprint density at radius 1 is 1.12 bits per heavy atom. The largest absolute Gasteiger partial charge is 0.261 e. The first-order valence-corrected chi connectivity index (χ1v) is 9.87. The van der Waals surface area contributed by atoms with Crippen molar-refractivity contribution in [2.75, 3.05) is 0 Å². The maximum atomic E-state index is 14.4. The van der Waals surface area contributed by atoms with Crippen LogP contribution in [0.5, 0.6) is 0 Å². The van der Waals surface area contributed by atoms with Gasteiger partial charge in [0.15, 0.2) is 6.17 Å². The van der Waals surface area contributed by atoms with Gasteiger partial charge >= 0.3 is 0 Å². The molecule has 1 saturated carbocycles. The van der Waals surface area contributed by atoms with Crippen molar-refractivity contribution in [2.45, 2.75) is 64.5 Å². The van der Waals surface area contributed by atoms with Gasteiger partial charge < -0.3 is 0 Å². The summed E-state index contributed by atoms with van der Waals surface area (Å²) in [4.78, 5) is 4.39. The highest BCUT2D eigenvalue weighted by molar-refractivity contribution is 5.79. The maximum Gasteiger partial charge on any atom is 0.175 e. The lowest BCUT2D eigenvalue weighted by Gasteiger charge is -2.29. The molecule has 3 rings (SSSR count). The summed E-state index contributed by atoms with van der Waals surface area (Å²) in [5.74, 6) is 1.71. The number of benzene rings is 1. The minimum atomic E-state index is -0.643. The summed E-state index contributed by atoms with van der Waals surface area (Å²) in [6.45, 7) is 2.27. The molecule has 26 heavy (non-hydrogen) atoms. The van der Waals surface area contributed by atoms with E-state index in [9.17, 15) is 4.48 Å². The monoisotopic (exact) mass is 353 g/mol. The molecule has 0 aromatic heterocycles. The molecule has 1 atom stereocenters. The predicted molar refractivity (Wildman–Crippen MR) is 103 cm³/mol. The highest BCUT2D eigenvalue weighted by Gasteiger charge is 2.23. The molecule has 1 unspecified atom stereocenters. The zero-order chi connectivity index (χ0) is 18.4. The third-order valence-corrected chi connectivity index (χ3v) is 5.75. The molecular weight excluding hydrogens is 325 g/mol. The Morgan fingerprint density at radius 2 is 1.77 bits per heavy atom. The van der Waals surface area contributed by atoms with Crippen molar-refractivity contribution in [3.05, 3.63) is 47.2 Å². The van der Waals surface area contributed by atoms with Gasteiger partial charge in [-0.2, -0.15) is 10.4 Å². The number of hydrogen-bond acceptors (Lipinski definition) is 3. The Morgan fingerprint density at radius 3 is 2.35 bits per heavy atom. The molecule has 1 aromatic rings. The first kappa shape index (κ1) is 18.6. The molecule has 4 heteroatoms. The van der Waals surface area contributed by atoms with Crippen LogP contribution in [0.2, 0.25) is 0 Å². The molecule has 2 aliphatic rings. The summed E-state index contributed by atoms with van der Waals surface area (Å²) >= 11 is 0. The smallest absolute Gasteiger partial charge is 0.175 e. The number of hydrogen-bond donors (Lipinski definition) is 0. The van der Waals surface area contributed by atoms with E-state index in [1.54, 1.807) is 30.5 Å². The average Bonchev–Trinajstić information content (AvgIpc) is 2.68. The number of allylic oxidation sites excluding steroid dienone is 1.